The number of methoxy groups -OCH3 is 2. The predicted molar refractivity (Wildman–Crippen MR) is 79.7 cm³/mol. The summed E-state index contributed by atoms with van der Waals surface area (Å²) in [5, 5.41) is 10.2. The molecule has 0 bridgehead atoms. The van der Waals surface area contributed by atoms with Gasteiger partial charge in [-0.05, 0) is 17.7 Å². The zero-order valence-electron chi connectivity index (χ0n) is 12.7. The van der Waals surface area contributed by atoms with Crippen LogP contribution in [0, 0.1) is 0 Å². The third-order valence-electron chi connectivity index (χ3n) is 2.96. The molecular formula is C13H22N2O5S. The molecule has 1 rings (SSSR count). The molecule has 1 aromatic carbocycles. The Morgan fingerprint density at radius 1 is 1.29 bits per heavy atom. The van der Waals surface area contributed by atoms with E-state index < -0.39 is 16.3 Å². The number of aliphatic hydroxyl groups excluding tert-OH is 1. The minimum atomic E-state index is -3.57. The molecule has 0 spiro atoms. The largest absolute Gasteiger partial charge is 0.493 e. The lowest BCUT2D eigenvalue weighted by Crippen LogP contribution is -2.40. The van der Waals surface area contributed by atoms with E-state index in [2.05, 4.69) is 4.72 Å². The predicted octanol–water partition coefficient (Wildman–Crippen LogP) is 0.523. The Hall–Kier alpha value is -1.35. The van der Waals surface area contributed by atoms with Gasteiger partial charge in [0.1, 0.15) is 0 Å². The van der Waals surface area contributed by atoms with Crippen LogP contribution in [0.5, 0.6) is 11.5 Å². The summed E-state index contributed by atoms with van der Waals surface area (Å²) in [5.41, 5.74) is 0.547. The lowest BCUT2D eigenvalue weighted by Gasteiger charge is -2.21. The third-order valence-corrected chi connectivity index (χ3v) is 4.58. The molecule has 120 valence electrons. The average Bonchev–Trinajstić information content (AvgIpc) is 2.46. The van der Waals surface area contributed by atoms with E-state index in [0.29, 0.717) is 23.6 Å². The molecule has 0 heterocycles. The van der Waals surface area contributed by atoms with Gasteiger partial charge in [0, 0.05) is 20.1 Å². The van der Waals surface area contributed by atoms with E-state index >= 15 is 0 Å². The van der Waals surface area contributed by atoms with E-state index in [4.69, 9.17) is 9.47 Å². The monoisotopic (exact) mass is 318 g/mol. The number of aliphatic hydroxyl groups is 1. The van der Waals surface area contributed by atoms with Crippen LogP contribution < -0.4 is 14.2 Å². The molecule has 0 amide bonds. The second-order valence-corrected chi connectivity index (χ2v) is 6.28. The van der Waals surface area contributed by atoms with Gasteiger partial charge in [-0.1, -0.05) is 13.0 Å². The molecule has 0 aliphatic heterocycles. The average molecular weight is 318 g/mol. The lowest BCUT2D eigenvalue weighted by atomic mass is 10.1. The first kappa shape index (κ1) is 17.7. The first-order valence-corrected chi connectivity index (χ1v) is 7.90. The minimum absolute atomic E-state index is 0.0647. The number of benzene rings is 1. The van der Waals surface area contributed by atoms with E-state index in [-0.39, 0.29) is 6.54 Å². The van der Waals surface area contributed by atoms with Gasteiger partial charge in [0.15, 0.2) is 11.5 Å². The highest BCUT2D eigenvalue weighted by atomic mass is 32.2. The second kappa shape index (κ2) is 7.60. The van der Waals surface area contributed by atoms with Crippen molar-refractivity contribution >= 4 is 10.2 Å². The van der Waals surface area contributed by atoms with Crippen LogP contribution in [-0.2, 0) is 10.2 Å². The third kappa shape index (κ3) is 4.57. The van der Waals surface area contributed by atoms with E-state index in [1.165, 1.54) is 21.3 Å². The zero-order chi connectivity index (χ0) is 16.0. The van der Waals surface area contributed by atoms with Crippen LogP contribution in [0.4, 0.5) is 0 Å². The topological polar surface area (TPSA) is 88.1 Å². The van der Waals surface area contributed by atoms with Gasteiger partial charge in [0.05, 0.1) is 20.3 Å². The van der Waals surface area contributed by atoms with Crippen molar-refractivity contribution in [3.05, 3.63) is 23.8 Å². The van der Waals surface area contributed by atoms with Gasteiger partial charge in [-0.2, -0.15) is 12.7 Å². The van der Waals surface area contributed by atoms with Crippen molar-refractivity contribution in [3.63, 3.8) is 0 Å². The molecule has 1 atom stereocenters. The molecule has 8 heteroatoms. The maximum absolute atomic E-state index is 11.8. The van der Waals surface area contributed by atoms with Crippen LogP contribution in [0.15, 0.2) is 18.2 Å². The molecule has 7 nitrogen and oxygen atoms in total. The van der Waals surface area contributed by atoms with Crippen molar-refractivity contribution in [1.82, 2.24) is 9.03 Å². The Kier molecular flexibility index (Phi) is 6.41. The van der Waals surface area contributed by atoms with Gasteiger partial charge in [-0.25, -0.2) is 4.72 Å². The summed E-state index contributed by atoms with van der Waals surface area (Å²) in [4.78, 5) is 0. The molecule has 1 unspecified atom stereocenters. The van der Waals surface area contributed by atoms with Crippen LogP contribution in [0.25, 0.3) is 0 Å². The SMILES string of the molecule is CCNS(=O)(=O)N(C)CC(O)c1ccc(OC)c(OC)c1. The highest BCUT2D eigenvalue weighted by Gasteiger charge is 2.21. The molecule has 2 N–H and O–H groups in total. The van der Waals surface area contributed by atoms with Crippen molar-refractivity contribution in [2.45, 2.75) is 13.0 Å². The standard InChI is InChI=1S/C13H22N2O5S/c1-5-14-21(17,18)15(2)9-11(16)10-6-7-12(19-3)13(8-10)20-4/h6-8,11,14,16H,5,9H2,1-4H3. The number of nitrogens with zero attached hydrogens (tertiary/aromatic N) is 1. The van der Waals surface area contributed by atoms with Gasteiger partial charge in [-0.3, -0.25) is 0 Å². The summed E-state index contributed by atoms with van der Waals surface area (Å²) < 4.78 is 37.3. The maximum Gasteiger partial charge on any atom is 0.279 e. The Morgan fingerprint density at radius 2 is 1.90 bits per heavy atom. The highest BCUT2D eigenvalue weighted by molar-refractivity contribution is 7.87. The molecule has 21 heavy (non-hydrogen) atoms. The molecule has 1 aromatic rings. The number of nitrogens with one attached hydrogen (secondary N) is 1. The summed E-state index contributed by atoms with van der Waals surface area (Å²) >= 11 is 0. The number of ether oxygens (including phenoxy) is 2. The van der Waals surface area contributed by atoms with Gasteiger partial charge in [0.2, 0.25) is 0 Å². The van der Waals surface area contributed by atoms with Gasteiger partial charge >= 0.3 is 0 Å². The molecule has 0 fully saturated rings. The van der Waals surface area contributed by atoms with Crippen LogP contribution >= 0.6 is 0 Å². The maximum atomic E-state index is 11.8. The molecule has 0 saturated heterocycles. The van der Waals surface area contributed by atoms with Crippen LogP contribution in [-0.4, -0.2) is 52.2 Å². The zero-order valence-corrected chi connectivity index (χ0v) is 13.5. The fraction of sp³-hybridized carbons (Fsp3) is 0.538. The van der Waals surface area contributed by atoms with Crippen LogP contribution in [0.2, 0.25) is 0 Å². The summed E-state index contributed by atoms with van der Waals surface area (Å²) in [6, 6.07) is 4.95. The molecule has 0 aliphatic rings. The van der Waals surface area contributed by atoms with Crippen molar-refractivity contribution in [1.29, 1.82) is 0 Å². The smallest absolute Gasteiger partial charge is 0.279 e. The second-order valence-electron chi connectivity index (χ2n) is 4.41. The molecule has 0 aliphatic carbocycles. The van der Waals surface area contributed by atoms with E-state index in [1.807, 2.05) is 0 Å². The molecular weight excluding hydrogens is 296 g/mol. The minimum Gasteiger partial charge on any atom is -0.493 e. The normalized spacial score (nSPS) is 13.2. The fourth-order valence-corrected chi connectivity index (χ4v) is 2.72. The van der Waals surface area contributed by atoms with E-state index in [9.17, 15) is 13.5 Å². The van der Waals surface area contributed by atoms with Crippen LogP contribution in [0.3, 0.4) is 0 Å². The van der Waals surface area contributed by atoms with Gasteiger partial charge in [0.25, 0.3) is 10.2 Å². The molecule has 0 aromatic heterocycles. The van der Waals surface area contributed by atoms with Gasteiger partial charge in [-0.15, -0.1) is 0 Å². The number of rotatable bonds is 8. The number of likely N-dealkylation sites (N-methyl/N-ethyl adjacent to an activating group) is 1. The first-order chi connectivity index (χ1) is 9.85. The van der Waals surface area contributed by atoms with Crippen molar-refractivity contribution < 1.29 is 23.0 Å². The number of hydrogen-bond donors (Lipinski definition) is 2. The Morgan fingerprint density at radius 3 is 2.43 bits per heavy atom. The molecule has 0 saturated carbocycles. The van der Waals surface area contributed by atoms with Crippen molar-refractivity contribution in [2.75, 3.05) is 34.4 Å². The summed E-state index contributed by atoms with van der Waals surface area (Å²) in [6.07, 6.45) is -0.969. The summed E-state index contributed by atoms with van der Waals surface area (Å²) in [7, 11) is 0.845. The lowest BCUT2D eigenvalue weighted by molar-refractivity contribution is 0.154. The Labute approximate surface area is 125 Å². The number of hydrogen-bond acceptors (Lipinski definition) is 5. The summed E-state index contributed by atoms with van der Waals surface area (Å²) in [6.45, 7) is 1.92. The quantitative estimate of drug-likeness (QED) is 0.730. The Bertz CT molecular complexity index is 562. The molecule has 0 radical (unpaired) electrons. The van der Waals surface area contributed by atoms with Crippen molar-refractivity contribution in [2.24, 2.45) is 0 Å². The van der Waals surface area contributed by atoms with Gasteiger partial charge < -0.3 is 14.6 Å². The van der Waals surface area contributed by atoms with Crippen molar-refractivity contribution in [3.8, 4) is 11.5 Å². The Balaban J connectivity index is 2.87. The van der Waals surface area contributed by atoms with Crippen LogP contribution in [0.1, 0.15) is 18.6 Å². The fourth-order valence-electron chi connectivity index (χ4n) is 1.80. The van der Waals surface area contributed by atoms with E-state index in [1.54, 1.807) is 25.1 Å². The highest BCUT2D eigenvalue weighted by Crippen LogP contribution is 2.30. The van der Waals surface area contributed by atoms with E-state index in [0.717, 1.165) is 4.31 Å². The summed E-state index contributed by atoms with van der Waals surface area (Å²) in [5.74, 6) is 1.02. The first-order valence-electron chi connectivity index (χ1n) is 6.46.